The first-order valence-electron chi connectivity index (χ1n) is 7.31. The van der Waals surface area contributed by atoms with Crippen molar-refractivity contribution in [3.8, 4) is 22.2 Å². The Labute approximate surface area is 135 Å². The lowest BCUT2D eigenvalue weighted by atomic mass is 10.1. The molecule has 1 N–H and O–H groups in total. The van der Waals surface area contributed by atoms with E-state index in [9.17, 15) is 0 Å². The van der Waals surface area contributed by atoms with E-state index in [1.807, 2.05) is 19.1 Å². The highest BCUT2D eigenvalue weighted by atomic mass is 32.1. The maximum Gasteiger partial charge on any atom is 0.235 e. The van der Waals surface area contributed by atoms with Gasteiger partial charge in [-0.2, -0.15) is 14.7 Å². The van der Waals surface area contributed by atoms with Crippen LogP contribution in [-0.4, -0.2) is 35.2 Å². The molecule has 4 heterocycles. The van der Waals surface area contributed by atoms with Crippen LogP contribution in [0.4, 0.5) is 0 Å². The van der Waals surface area contributed by atoms with E-state index in [-0.39, 0.29) is 0 Å². The number of nitrogens with zero attached hydrogens (tertiary/aromatic N) is 6. The molecule has 8 nitrogen and oxygen atoms in total. The fourth-order valence-corrected chi connectivity index (χ4v) is 3.16. The standard InChI is InChI=1S/C14H15N7OS/c1-7(2)4-9-6-10(16-15-9)12-17-18-14-21(12)19-13(23-14)11-5-8(3)22-20-11/h5-7H,4H2,1-3H3,(H,15,16). The quantitative estimate of drug-likeness (QED) is 0.618. The van der Waals surface area contributed by atoms with E-state index in [2.05, 4.69) is 44.5 Å². The first kappa shape index (κ1) is 14.1. The van der Waals surface area contributed by atoms with Crippen LogP contribution >= 0.6 is 11.3 Å². The number of hydrogen-bond donors (Lipinski definition) is 1. The molecule has 0 aliphatic carbocycles. The highest BCUT2D eigenvalue weighted by molar-refractivity contribution is 7.19. The Balaban J connectivity index is 1.73. The molecule has 0 saturated heterocycles. The summed E-state index contributed by atoms with van der Waals surface area (Å²) in [6.07, 6.45) is 0.940. The third-order valence-electron chi connectivity index (χ3n) is 3.33. The predicted octanol–water partition coefficient (Wildman–Crippen LogP) is 2.74. The summed E-state index contributed by atoms with van der Waals surface area (Å²) < 4.78 is 6.79. The van der Waals surface area contributed by atoms with Gasteiger partial charge in [-0.25, -0.2) is 0 Å². The molecule has 0 atom stereocenters. The van der Waals surface area contributed by atoms with Gasteiger partial charge >= 0.3 is 0 Å². The molecule has 4 aromatic rings. The number of aromatic amines is 1. The fourth-order valence-electron chi connectivity index (χ4n) is 2.37. The predicted molar refractivity (Wildman–Crippen MR) is 85.0 cm³/mol. The van der Waals surface area contributed by atoms with Crippen molar-refractivity contribution in [1.82, 2.24) is 35.2 Å². The average molecular weight is 329 g/mol. The van der Waals surface area contributed by atoms with Crippen LogP contribution in [0.25, 0.3) is 27.2 Å². The monoisotopic (exact) mass is 329 g/mol. The number of fused-ring (bicyclic) bond motifs is 1. The number of aryl methyl sites for hydroxylation is 1. The SMILES string of the molecule is Cc1cc(-c2nn3c(-c4cc(CC(C)C)[nH]n4)nnc3s2)no1. The van der Waals surface area contributed by atoms with E-state index < -0.39 is 0 Å². The smallest absolute Gasteiger partial charge is 0.235 e. The normalized spacial score (nSPS) is 11.8. The summed E-state index contributed by atoms with van der Waals surface area (Å²) >= 11 is 1.41. The Hall–Kier alpha value is -2.55. The first-order chi connectivity index (χ1) is 11.1. The Morgan fingerprint density at radius 2 is 2.13 bits per heavy atom. The van der Waals surface area contributed by atoms with E-state index in [1.54, 1.807) is 4.52 Å². The van der Waals surface area contributed by atoms with E-state index in [1.165, 1.54) is 11.3 Å². The van der Waals surface area contributed by atoms with Gasteiger partial charge in [0, 0.05) is 11.8 Å². The molecule has 118 valence electrons. The highest BCUT2D eigenvalue weighted by Gasteiger charge is 2.18. The minimum absolute atomic E-state index is 0.558. The van der Waals surface area contributed by atoms with E-state index in [0.717, 1.165) is 28.6 Å². The van der Waals surface area contributed by atoms with Crippen LogP contribution in [0, 0.1) is 12.8 Å². The van der Waals surface area contributed by atoms with Crippen LogP contribution < -0.4 is 0 Å². The molecular formula is C14H15N7OS. The second-order valence-electron chi connectivity index (χ2n) is 5.82. The van der Waals surface area contributed by atoms with Crippen molar-refractivity contribution in [2.24, 2.45) is 5.92 Å². The van der Waals surface area contributed by atoms with Gasteiger partial charge in [0.1, 0.15) is 17.1 Å². The summed E-state index contributed by atoms with van der Waals surface area (Å²) in [4.78, 5) is 0.698. The molecule has 0 spiro atoms. The van der Waals surface area contributed by atoms with Crippen LogP contribution in [0.15, 0.2) is 16.7 Å². The molecule has 0 amide bonds. The Kier molecular flexibility index (Phi) is 3.22. The minimum atomic E-state index is 0.558. The molecule has 0 bridgehead atoms. The first-order valence-corrected chi connectivity index (χ1v) is 8.12. The third-order valence-corrected chi connectivity index (χ3v) is 4.25. The van der Waals surface area contributed by atoms with Gasteiger partial charge in [-0.3, -0.25) is 5.10 Å². The summed E-state index contributed by atoms with van der Waals surface area (Å²) in [5.74, 6) is 1.92. The van der Waals surface area contributed by atoms with Gasteiger partial charge in [-0.1, -0.05) is 30.3 Å². The zero-order chi connectivity index (χ0) is 16.0. The molecule has 0 aliphatic rings. The van der Waals surface area contributed by atoms with Crippen LogP contribution in [0.1, 0.15) is 25.3 Å². The van der Waals surface area contributed by atoms with Crippen molar-refractivity contribution in [1.29, 1.82) is 0 Å². The Morgan fingerprint density at radius 1 is 1.26 bits per heavy atom. The number of nitrogens with one attached hydrogen (secondary N) is 1. The minimum Gasteiger partial charge on any atom is -0.361 e. The molecule has 9 heteroatoms. The maximum atomic E-state index is 5.10. The second kappa shape index (κ2) is 5.27. The molecule has 0 saturated carbocycles. The van der Waals surface area contributed by atoms with E-state index in [0.29, 0.717) is 22.4 Å². The molecule has 0 fully saturated rings. The van der Waals surface area contributed by atoms with Gasteiger partial charge in [0.2, 0.25) is 10.8 Å². The van der Waals surface area contributed by atoms with Gasteiger partial charge in [-0.05, 0) is 25.3 Å². The van der Waals surface area contributed by atoms with Gasteiger partial charge in [0.05, 0.1) is 0 Å². The molecule has 0 unspecified atom stereocenters. The average Bonchev–Trinajstić information content (AvgIpc) is 3.20. The Morgan fingerprint density at radius 3 is 2.87 bits per heavy atom. The zero-order valence-electron chi connectivity index (χ0n) is 12.9. The molecular weight excluding hydrogens is 314 g/mol. The van der Waals surface area contributed by atoms with Crippen LogP contribution in [0.3, 0.4) is 0 Å². The maximum absolute atomic E-state index is 5.10. The molecule has 4 aromatic heterocycles. The fraction of sp³-hybridized carbons (Fsp3) is 0.357. The van der Waals surface area contributed by atoms with Crippen molar-refractivity contribution >= 4 is 16.3 Å². The topological polar surface area (TPSA) is 97.8 Å². The van der Waals surface area contributed by atoms with Gasteiger partial charge < -0.3 is 4.52 Å². The molecule has 0 aliphatic heterocycles. The number of aromatic nitrogens is 7. The van der Waals surface area contributed by atoms with E-state index in [4.69, 9.17) is 4.52 Å². The lowest BCUT2D eigenvalue weighted by Crippen LogP contribution is -1.93. The molecule has 23 heavy (non-hydrogen) atoms. The molecule has 4 rings (SSSR count). The van der Waals surface area contributed by atoms with Crippen molar-refractivity contribution < 1.29 is 4.52 Å². The summed E-state index contributed by atoms with van der Waals surface area (Å²) in [6.45, 7) is 6.19. The van der Waals surface area contributed by atoms with Gasteiger partial charge in [0.15, 0.2) is 5.01 Å². The number of hydrogen-bond acceptors (Lipinski definition) is 7. The van der Waals surface area contributed by atoms with E-state index >= 15 is 0 Å². The highest BCUT2D eigenvalue weighted by Crippen LogP contribution is 2.27. The third kappa shape index (κ3) is 2.52. The number of rotatable bonds is 4. The molecule has 0 aromatic carbocycles. The van der Waals surface area contributed by atoms with Crippen molar-refractivity contribution in [2.75, 3.05) is 0 Å². The largest absolute Gasteiger partial charge is 0.361 e. The zero-order valence-corrected chi connectivity index (χ0v) is 13.8. The summed E-state index contributed by atoms with van der Waals surface area (Å²) in [7, 11) is 0. The van der Waals surface area contributed by atoms with Gasteiger partial charge in [0.25, 0.3) is 0 Å². The van der Waals surface area contributed by atoms with Crippen molar-refractivity contribution in [3.05, 3.63) is 23.6 Å². The van der Waals surface area contributed by atoms with Gasteiger partial charge in [-0.15, -0.1) is 10.2 Å². The van der Waals surface area contributed by atoms with Crippen LogP contribution in [0.5, 0.6) is 0 Å². The summed E-state index contributed by atoms with van der Waals surface area (Å²) in [6, 6.07) is 3.84. The Bertz CT molecular complexity index is 961. The lowest BCUT2D eigenvalue weighted by molar-refractivity contribution is 0.399. The second-order valence-corrected chi connectivity index (χ2v) is 6.78. The van der Waals surface area contributed by atoms with Crippen molar-refractivity contribution in [2.45, 2.75) is 27.2 Å². The lowest BCUT2D eigenvalue weighted by Gasteiger charge is -1.98. The summed E-state index contributed by atoms with van der Waals surface area (Å²) in [5, 5.41) is 25.0. The van der Waals surface area contributed by atoms with Crippen molar-refractivity contribution in [3.63, 3.8) is 0 Å². The number of H-pyrrole nitrogens is 1. The summed E-state index contributed by atoms with van der Waals surface area (Å²) in [5.41, 5.74) is 2.52. The van der Waals surface area contributed by atoms with Crippen LogP contribution in [-0.2, 0) is 6.42 Å². The van der Waals surface area contributed by atoms with Crippen LogP contribution in [0.2, 0.25) is 0 Å². The molecule has 0 radical (unpaired) electrons.